The van der Waals surface area contributed by atoms with Crippen molar-refractivity contribution in [3.8, 4) is 0 Å². The summed E-state index contributed by atoms with van der Waals surface area (Å²) in [7, 11) is 0. The Kier molecular flexibility index (Phi) is 5.27. The predicted molar refractivity (Wildman–Crippen MR) is 78.3 cm³/mol. The van der Waals surface area contributed by atoms with Crippen LogP contribution in [-0.4, -0.2) is 42.4 Å². The molecule has 1 aliphatic heterocycles. The summed E-state index contributed by atoms with van der Waals surface area (Å²) in [6.45, 7) is 3.29. The highest BCUT2D eigenvalue weighted by molar-refractivity contribution is 5.92. The van der Waals surface area contributed by atoms with Gasteiger partial charge in [-0.1, -0.05) is 0 Å². The van der Waals surface area contributed by atoms with E-state index >= 15 is 0 Å². The van der Waals surface area contributed by atoms with Crippen LogP contribution in [0, 0.1) is 5.82 Å². The Balaban J connectivity index is 1.81. The molecule has 1 unspecified atom stereocenters. The Morgan fingerprint density at radius 1 is 1.33 bits per heavy atom. The van der Waals surface area contributed by atoms with Gasteiger partial charge in [0.15, 0.2) is 0 Å². The van der Waals surface area contributed by atoms with Crippen LogP contribution >= 0.6 is 0 Å². The van der Waals surface area contributed by atoms with E-state index in [2.05, 4.69) is 10.6 Å². The Bertz CT molecular complexity index is 504. The number of hydrogen-bond donors (Lipinski definition) is 2. The molecule has 0 radical (unpaired) electrons. The zero-order chi connectivity index (χ0) is 15.2. The Morgan fingerprint density at radius 3 is 2.71 bits per heavy atom. The molecule has 0 aliphatic carbocycles. The van der Waals surface area contributed by atoms with Crippen molar-refractivity contribution in [2.24, 2.45) is 0 Å². The minimum atomic E-state index is -0.331. The number of rotatable bonds is 4. The van der Waals surface area contributed by atoms with Crippen LogP contribution in [0.25, 0.3) is 0 Å². The zero-order valence-corrected chi connectivity index (χ0v) is 12.1. The molecule has 114 valence electrons. The third-order valence-corrected chi connectivity index (χ3v) is 3.41. The molecular weight excluding hydrogens is 273 g/mol. The number of anilines is 1. The van der Waals surface area contributed by atoms with E-state index in [0.717, 1.165) is 19.4 Å². The van der Waals surface area contributed by atoms with Gasteiger partial charge in [0.1, 0.15) is 5.82 Å². The predicted octanol–water partition coefficient (Wildman–Crippen LogP) is 1.36. The van der Waals surface area contributed by atoms with Crippen LogP contribution in [-0.2, 0) is 9.59 Å². The number of carbonyl (C=O) groups is 2. The van der Waals surface area contributed by atoms with Gasteiger partial charge in [-0.3, -0.25) is 14.5 Å². The van der Waals surface area contributed by atoms with Crippen LogP contribution in [0.4, 0.5) is 10.1 Å². The summed E-state index contributed by atoms with van der Waals surface area (Å²) in [6, 6.07) is 5.79. The van der Waals surface area contributed by atoms with Gasteiger partial charge in [-0.15, -0.1) is 0 Å². The van der Waals surface area contributed by atoms with Crippen molar-refractivity contribution in [2.75, 3.05) is 25.0 Å². The number of benzene rings is 1. The first-order valence-corrected chi connectivity index (χ1v) is 7.08. The normalized spacial score (nSPS) is 19.0. The minimum absolute atomic E-state index is 0.0439. The number of halogens is 1. The Morgan fingerprint density at radius 2 is 2.05 bits per heavy atom. The van der Waals surface area contributed by atoms with Crippen molar-refractivity contribution >= 4 is 17.5 Å². The van der Waals surface area contributed by atoms with Gasteiger partial charge in [-0.25, -0.2) is 4.39 Å². The number of hydrogen-bond acceptors (Lipinski definition) is 3. The first-order chi connectivity index (χ1) is 10.0. The number of carbonyl (C=O) groups excluding carboxylic acids is 2. The molecule has 1 fully saturated rings. The van der Waals surface area contributed by atoms with Gasteiger partial charge < -0.3 is 10.6 Å². The molecule has 0 aromatic heterocycles. The van der Waals surface area contributed by atoms with E-state index in [4.69, 9.17) is 0 Å². The molecule has 6 heteroatoms. The van der Waals surface area contributed by atoms with E-state index in [-0.39, 0.29) is 30.2 Å². The van der Waals surface area contributed by atoms with Gasteiger partial charge in [0.2, 0.25) is 11.8 Å². The largest absolute Gasteiger partial charge is 0.352 e. The van der Waals surface area contributed by atoms with Crippen molar-refractivity contribution in [3.05, 3.63) is 30.1 Å². The van der Waals surface area contributed by atoms with Gasteiger partial charge in [-0.05, 0) is 43.7 Å². The second-order valence-electron chi connectivity index (χ2n) is 5.33. The highest BCUT2D eigenvalue weighted by Crippen LogP contribution is 2.11. The summed E-state index contributed by atoms with van der Waals surface area (Å²) in [5, 5.41) is 5.62. The van der Waals surface area contributed by atoms with Crippen LogP contribution < -0.4 is 10.6 Å². The van der Waals surface area contributed by atoms with Crippen molar-refractivity contribution in [3.63, 3.8) is 0 Å². The third kappa shape index (κ3) is 5.15. The quantitative estimate of drug-likeness (QED) is 0.881. The van der Waals surface area contributed by atoms with Crippen LogP contribution in [0.2, 0.25) is 0 Å². The van der Waals surface area contributed by atoms with Crippen LogP contribution in [0.1, 0.15) is 19.8 Å². The van der Waals surface area contributed by atoms with Crippen molar-refractivity contribution < 1.29 is 14.0 Å². The first kappa shape index (κ1) is 15.4. The van der Waals surface area contributed by atoms with E-state index in [1.54, 1.807) is 0 Å². The molecule has 2 amide bonds. The highest BCUT2D eigenvalue weighted by atomic mass is 19.1. The molecule has 1 aromatic rings. The zero-order valence-electron chi connectivity index (χ0n) is 12.1. The van der Waals surface area contributed by atoms with E-state index in [9.17, 15) is 14.0 Å². The van der Waals surface area contributed by atoms with Crippen LogP contribution in [0.3, 0.4) is 0 Å². The van der Waals surface area contributed by atoms with Crippen LogP contribution in [0.5, 0.6) is 0 Å². The number of amides is 2. The van der Waals surface area contributed by atoms with E-state index in [1.807, 2.05) is 4.90 Å². The molecule has 2 rings (SSSR count). The average Bonchev–Trinajstić information content (AvgIpc) is 2.41. The Labute approximate surface area is 123 Å². The topological polar surface area (TPSA) is 61.4 Å². The standard InChI is InChI=1S/C15H20FN3O2/c1-11(20)17-14-3-2-8-19(9-14)10-15(21)18-13-6-4-12(16)5-7-13/h4-7,14H,2-3,8-10H2,1H3,(H,17,20)(H,18,21). The molecule has 1 saturated heterocycles. The average molecular weight is 293 g/mol. The molecule has 1 aliphatic rings. The van der Waals surface area contributed by atoms with Gasteiger partial charge in [0.25, 0.3) is 0 Å². The molecule has 0 bridgehead atoms. The van der Waals surface area contributed by atoms with Gasteiger partial charge >= 0.3 is 0 Å². The SMILES string of the molecule is CC(=O)NC1CCCN(CC(=O)Nc2ccc(F)cc2)C1. The molecule has 1 atom stereocenters. The number of nitrogens with one attached hydrogen (secondary N) is 2. The number of nitrogens with zero attached hydrogens (tertiary/aromatic N) is 1. The minimum Gasteiger partial charge on any atom is -0.352 e. The lowest BCUT2D eigenvalue weighted by Crippen LogP contribution is -2.49. The maximum atomic E-state index is 12.8. The van der Waals surface area contributed by atoms with Gasteiger partial charge in [0, 0.05) is 25.2 Å². The van der Waals surface area contributed by atoms with Crippen LogP contribution in [0.15, 0.2) is 24.3 Å². The van der Waals surface area contributed by atoms with E-state index in [0.29, 0.717) is 12.2 Å². The fourth-order valence-electron chi connectivity index (χ4n) is 2.54. The summed E-state index contributed by atoms with van der Waals surface area (Å²) in [5.41, 5.74) is 0.580. The Hall–Kier alpha value is -1.95. The second-order valence-corrected chi connectivity index (χ2v) is 5.33. The highest BCUT2D eigenvalue weighted by Gasteiger charge is 2.21. The molecule has 0 saturated carbocycles. The molecule has 5 nitrogen and oxygen atoms in total. The molecule has 1 aromatic carbocycles. The van der Waals surface area contributed by atoms with E-state index in [1.165, 1.54) is 31.2 Å². The van der Waals surface area contributed by atoms with Gasteiger partial charge in [-0.2, -0.15) is 0 Å². The number of likely N-dealkylation sites (tertiary alicyclic amines) is 1. The smallest absolute Gasteiger partial charge is 0.238 e. The summed E-state index contributed by atoms with van der Waals surface area (Å²) in [4.78, 5) is 25.0. The molecule has 21 heavy (non-hydrogen) atoms. The summed E-state index contributed by atoms with van der Waals surface area (Å²) in [5.74, 6) is -0.509. The second kappa shape index (κ2) is 7.17. The lowest BCUT2D eigenvalue weighted by atomic mass is 10.1. The van der Waals surface area contributed by atoms with Crippen molar-refractivity contribution in [1.82, 2.24) is 10.2 Å². The lowest BCUT2D eigenvalue weighted by Gasteiger charge is -2.32. The molecule has 0 spiro atoms. The fraction of sp³-hybridized carbons (Fsp3) is 0.467. The monoisotopic (exact) mass is 293 g/mol. The summed E-state index contributed by atoms with van der Waals surface area (Å²) >= 11 is 0. The van der Waals surface area contributed by atoms with Crippen molar-refractivity contribution in [1.29, 1.82) is 0 Å². The summed E-state index contributed by atoms with van der Waals surface area (Å²) < 4.78 is 12.8. The first-order valence-electron chi connectivity index (χ1n) is 7.08. The summed E-state index contributed by atoms with van der Waals surface area (Å²) in [6.07, 6.45) is 1.89. The molecular formula is C15H20FN3O2. The third-order valence-electron chi connectivity index (χ3n) is 3.41. The molecule has 1 heterocycles. The van der Waals surface area contributed by atoms with E-state index < -0.39 is 0 Å². The van der Waals surface area contributed by atoms with Gasteiger partial charge in [0.05, 0.1) is 6.54 Å². The number of piperidine rings is 1. The lowest BCUT2D eigenvalue weighted by molar-refractivity contribution is -0.120. The van der Waals surface area contributed by atoms with Crippen molar-refractivity contribution in [2.45, 2.75) is 25.8 Å². The fourth-order valence-corrected chi connectivity index (χ4v) is 2.54. The molecule has 2 N–H and O–H groups in total. The maximum absolute atomic E-state index is 12.8. The maximum Gasteiger partial charge on any atom is 0.238 e.